The highest BCUT2D eigenvalue weighted by atomic mass is 14.8. The van der Waals surface area contributed by atoms with Crippen molar-refractivity contribution in [1.29, 1.82) is 0 Å². The molecule has 0 spiro atoms. The number of benzene rings is 6. The summed E-state index contributed by atoms with van der Waals surface area (Å²) in [6.07, 6.45) is 0. The van der Waals surface area contributed by atoms with Crippen molar-refractivity contribution < 1.29 is 0 Å². The first-order chi connectivity index (χ1) is 21.5. The average Bonchev–Trinajstić information content (AvgIpc) is 3.36. The Hall–Kier alpha value is -5.08. The molecule has 0 aliphatic heterocycles. The van der Waals surface area contributed by atoms with E-state index in [1.54, 1.807) is 0 Å². The van der Waals surface area contributed by atoms with Gasteiger partial charge in [0.05, 0.1) is 22.8 Å². The maximum Gasteiger partial charge on any atom is 0.0978 e. The molecule has 0 N–H and O–H groups in total. The third kappa shape index (κ3) is 5.07. The minimum absolute atomic E-state index is 0.200. The van der Waals surface area contributed by atoms with Crippen molar-refractivity contribution in [2.75, 3.05) is 0 Å². The van der Waals surface area contributed by atoms with Gasteiger partial charge in [-0.25, -0.2) is 9.98 Å². The quantitative estimate of drug-likeness (QED) is 0.191. The maximum atomic E-state index is 5.50. The summed E-state index contributed by atoms with van der Waals surface area (Å²) >= 11 is 0. The molecule has 0 fully saturated rings. The van der Waals surface area contributed by atoms with Gasteiger partial charge in [-0.05, 0) is 53.6 Å². The molecule has 0 bridgehead atoms. The van der Waals surface area contributed by atoms with Crippen LogP contribution < -0.4 is 0 Å². The van der Waals surface area contributed by atoms with Gasteiger partial charge in [0.25, 0.3) is 0 Å². The minimum Gasteiger partial charge on any atom is -0.246 e. The van der Waals surface area contributed by atoms with E-state index < -0.39 is 0 Å². The Balaban J connectivity index is 1.44. The Bertz CT molecular complexity index is 1910. The van der Waals surface area contributed by atoms with Gasteiger partial charge in [-0.3, -0.25) is 0 Å². The van der Waals surface area contributed by atoms with Gasteiger partial charge >= 0.3 is 0 Å². The van der Waals surface area contributed by atoms with Gasteiger partial charge in [-0.1, -0.05) is 146 Å². The lowest BCUT2D eigenvalue weighted by atomic mass is 9.90. The SMILES string of the molecule is Cc1ccc(N=C2C(=Nc3ccc(C)cc3C(C)c3ccccc3)c3cccc4cccc2c34)c(C(C)c2ccccc2)c1. The first-order valence-electron chi connectivity index (χ1n) is 15.5. The van der Waals surface area contributed by atoms with Crippen molar-refractivity contribution in [3.05, 3.63) is 178 Å². The highest BCUT2D eigenvalue weighted by molar-refractivity contribution is 6.61. The molecule has 6 aromatic carbocycles. The largest absolute Gasteiger partial charge is 0.246 e. The van der Waals surface area contributed by atoms with Crippen molar-refractivity contribution in [3.8, 4) is 0 Å². The fourth-order valence-electron chi connectivity index (χ4n) is 6.55. The predicted octanol–water partition coefficient (Wildman–Crippen LogP) is 11.0. The highest BCUT2D eigenvalue weighted by Crippen LogP contribution is 2.39. The number of rotatable bonds is 6. The predicted molar refractivity (Wildman–Crippen MR) is 187 cm³/mol. The summed E-state index contributed by atoms with van der Waals surface area (Å²) in [5, 5.41) is 2.43. The third-order valence-electron chi connectivity index (χ3n) is 9.00. The van der Waals surface area contributed by atoms with Crippen molar-refractivity contribution >= 4 is 33.6 Å². The van der Waals surface area contributed by atoms with Crippen LogP contribution in [0.25, 0.3) is 10.8 Å². The van der Waals surface area contributed by atoms with Gasteiger partial charge in [-0.2, -0.15) is 0 Å². The van der Waals surface area contributed by atoms with Crippen LogP contribution in [0.3, 0.4) is 0 Å². The fraction of sp³-hybridized carbons (Fsp3) is 0.143. The van der Waals surface area contributed by atoms with Crippen LogP contribution >= 0.6 is 0 Å². The average molecular weight is 569 g/mol. The van der Waals surface area contributed by atoms with Crippen LogP contribution in [0.2, 0.25) is 0 Å². The smallest absolute Gasteiger partial charge is 0.0978 e. The number of hydrogen-bond donors (Lipinski definition) is 0. The van der Waals surface area contributed by atoms with E-state index in [9.17, 15) is 0 Å². The molecule has 6 aromatic rings. The summed E-state index contributed by atoms with van der Waals surface area (Å²) in [4.78, 5) is 11.0. The maximum absolute atomic E-state index is 5.50. The van der Waals surface area contributed by atoms with E-state index in [0.29, 0.717) is 0 Å². The van der Waals surface area contributed by atoms with Crippen LogP contribution in [0.4, 0.5) is 11.4 Å². The van der Waals surface area contributed by atoms with Crippen LogP contribution in [0, 0.1) is 13.8 Å². The van der Waals surface area contributed by atoms with E-state index >= 15 is 0 Å². The summed E-state index contributed by atoms with van der Waals surface area (Å²) in [5.74, 6) is 0.400. The molecule has 2 nitrogen and oxygen atoms in total. The molecule has 44 heavy (non-hydrogen) atoms. The second-order valence-electron chi connectivity index (χ2n) is 12.0. The first kappa shape index (κ1) is 27.7. The molecule has 0 aromatic heterocycles. The van der Waals surface area contributed by atoms with E-state index in [1.807, 2.05) is 0 Å². The lowest BCUT2D eigenvalue weighted by Gasteiger charge is -2.17. The van der Waals surface area contributed by atoms with Gasteiger partial charge in [0, 0.05) is 28.3 Å². The van der Waals surface area contributed by atoms with Crippen molar-refractivity contribution in [3.63, 3.8) is 0 Å². The molecule has 214 valence electrons. The van der Waals surface area contributed by atoms with Crippen molar-refractivity contribution in [1.82, 2.24) is 0 Å². The highest BCUT2D eigenvalue weighted by Gasteiger charge is 2.28. The molecule has 2 heteroatoms. The van der Waals surface area contributed by atoms with Crippen LogP contribution in [-0.2, 0) is 0 Å². The molecule has 2 unspecified atom stereocenters. The fourth-order valence-corrected chi connectivity index (χ4v) is 6.55. The minimum atomic E-state index is 0.200. The Morgan fingerprint density at radius 3 is 1.32 bits per heavy atom. The van der Waals surface area contributed by atoms with E-state index in [4.69, 9.17) is 9.98 Å². The van der Waals surface area contributed by atoms with Gasteiger partial charge in [-0.15, -0.1) is 0 Å². The van der Waals surface area contributed by atoms with E-state index in [2.05, 4.69) is 161 Å². The molecule has 1 aliphatic carbocycles. The zero-order valence-electron chi connectivity index (χ0n) is 25.8. The van der Waals surface area contributed by atoms with Crippen LogP contribution in [0.15, 0.2) is 143 Å². The van der Waals surface area contributed by atoms with Gasteiger partial charge in [0.1, 0.15) is 0 Å². The lowest BCUT2D eigenvalue weighted by Crippen LogP contribution is -2.11. The third-order valence-corrected chi connectivity index (χ3v) is 9.00. The molecule has 0 amide bonds. The molecule has 0 heterocycles. The molecule has 1 aliphatic rings. The Kier molecular flexibility index (Phi) is 7.28. The molecule has 0 radical (unpaired) electrons. The molecular formula is C42H36N2. The van der Waals surface area contributed by atoms with E-state index in [-0.39, 0.29) is 11.8 Å². The lowest BCUT2D eigenvalue weighted by molar-refractivity contribution is 0.919. The van der Waals surface area contributed by atoms with Gasteiger partial charge < -0.3 is 0 Å². The van der Waals surface area contributed by atoms with Gasteiger partial charge in [0.2, 0.25) is 0 Å². The summed E-state index contributed by atoms with van der Waals surface area (Å²) < 4.78 is 0. The topological polar surface area (TPSA) is 24.7 Å². The monoisotopic (exact) mass is 568 g/mol. The van der Waals surface area contributed by atoms with Crippen LogP contribution in [0.1, 0.15) is 70.2 Å². The van der Waals surface area contributed by atoms with Crippen molar-refractivity contribution in [2.24, 2.45) is 9.98 Å². The van der Waals surface area contributed by atoms with E-state index in [1.165, 1.54) is 44.2 Å². The molecule has 0 saturated heterocycles. The Morgan fingerprint density at radius 2 is 0.886 bits per heavy atom. The summed E-state index contributed by atoms with van der Waals surface area (Å²) in [7, 11) is 0. The van der Waals surface area contributed by atoms with Crippen LogP contribution in [0.5, 0.6) is 0 Å². The zero-order valence-corrected chi connectivity index (χ0v) is 25.8. The number of nitrogens with zero attached hydrogens (tertiary/aromatic N) is 2. The Labute approximate surface area is 260 Å². The molecule has 2 atom stereocenters. The molecule has 0 saturated carbocycles. The normalized spacial score (nSPS) is 15.6. The second kappa shape index (κ2) is 11.5. The molecule has 7 rings (SSSR count). The number of aliphatic imine (C=N–C) groups is 2. The van der Waals surface area contributed by atoms with E-state index in [0.717, 1.165) is 33.9 Å². The van der Waals surface area contributed by atoms with Crippen molar-refractivity contribution in [2.45, 2.75) is 39.5 Å². The zero-order chi connectivity index (χ0) is 30.2. The number of aryl methyl sites for hydroxylation is 2. The standard InChI is InChI=1S/C42H36N2/c1-27-21-23-38(36(25-27)29(3)31-13-7-5-8-14-31)43-41-34-19-11-17-33-18-12-20-35(40(33)34)42(41)44-39-24-22-28(2)26-37(39)30(4)32-15-9-6-10-16-32/h5-26,29-30H,1-4H3. The van der Waals surface area contributed by atoms with Gasteiger partial charge in [0.15, 0.2) is 0 Å². The summed E-state index contributed by atoms with van der Waals surface area (Å²) in [5.41, 5.74) is 13.6. The number of hydrogen-bond acceptors (Lipinski definition) is 2. The summed E-state index contributed by atoms with van der Waals surface area (Å²) in [6.45, 7) is 8.86. The second-order valence-corrected chi connectivity index (χ2v) is 12.0. The first-order valence-corrected chi connectivity index (χ1v) is 15.5. The Morgan fingerprint density at radius 1 is 0.455 bits per heavy atom. The molecular weight excluding hydrogens is 532 g/mol. The summed E-state index contributed by atoms with van der Waals surface area (Å²) in [6, 6.07) is 47.7. The van der Waals surface area contributed by atoms with Crippen LogP contribution in [-0.4, -0.2) is 11.4 Å².